The van der Waals surface area contributed by atoms with Gasteiger partial charge in [0.1, 0.15) is 26.8 Å². The maximum atomic E-state index is 12.6. The quantitative estimate of drug-likeness (QED) is 0.206. The molecule has 8 nitrogen and oxygen atoms in total. The van der Waals surface area contributed by atoms with Crippen molar-refractivity contribution in [2.24, 2.45) is 5.92 Å². The number of amides is 2. The average Bonchev–Trinajstić information content (AvgIpc) is 3.11. The van der Waals surface area contributed by atoms with Crippen LogP contribution in [0.3, 0.4) is 0 Å². The van der Waals surface area contributed by atoms with Crippen molar-refractivity contribution in [1.82, 2.24) is 19.6 Å². The van der Waals surface area contributed by atoms with Crippen molar-refractivity contribution in [3.63, 3.8) is 0 Å². The number of carbonyl (C=O) groups is 2. The lowest BCUT2D eigenvalue weighted by Crippen LogP contribution is -2.45. The largest absolute Gasteiger partial charge is 0.444 e. The van der Waals surface area contributed by atoms with Gasteiger partial charge in [-0.25, -0.2) is 14.8 Å². The van der Waals surface area contributed by atoms with Gasteiger partial charge in [-0.3, -0.25) is 9.52 Å². The highest BCUT2D eigenvalue weighted by Crippen LogP contribution is 2.36. The molecule has 1 fully saturated rings. The van der Waals surface area contributed by atoms with Crippen molar-refractivity contribution in [2.45, 2.75) is 77.0 Å². The van der Waals surface area contributed by atoms with Crippen LogP contribution in [0, 0.1) is 12.8 Å². The molecule has 2 N–H and O–H groups in total. The maximum absolute atomic E-state index is 12.6. The minimum Gasteiger partial charge on any atom is -0.444 e. The molecule has 1 saturated heterocycles. The Bertz CT molecular complexity index is 1140. The number of anilines is 1. The van der Waals surface area contributed by atoms with Crippen molar-refractivity contribution in [3.8, 4) is 0 Å². The van der Waals surface area contributed by atoms with Gasteiger partial charge in [-0.15, -0.1) is 0 Å². The smallest absolute Gasteiger partial charge is 0.410 e. The fraction of sp³-hybridized carbons (Fsp3) is 0.538. The summed E-state index contributed by atoms with van der Waals surface area (Å²) in [6, 6.07) is 7.19. The molecule has 0 radical (unpaired) electrons. The number of aromatic nitrogens is 2. The molecule has 2 aromatic heterocycles. The van der Waals surface area contributed by atoms with E-state index in [0.29, 0.717) is 23.1 Å². The number of nitrogens with one attached hydrogen (secondary N) is 2. The normalized spacial score (nSPS) is 17.0. The van der Waals surface area contributed by atoms with Crippen LogP contribution in [0.1, 0.15) is 69.8 Å². The van der Waals surface area contributed by atoms with Gasteiger partial charge >= 0.3 is 6.09 Å². The van der Waals surface area contributed by atoms with Crippen molar-refractivity contribution in [3.05, 3.63) is 45.7 Å². The minimum atomic E-state index is -0.503. The number of likely N-dealkylation sites (tertiary alicyclic amines) is 1. The van der Waals surface area contributed by atoms with Crippen LogP contribution >= 0.6 is 35.1 Å². The summed E-state index contributed by atoms with van der Waals surface area (Å²) in [5.74, 6) is 0.776. The predicted molar refractivity (Wildman–Crippen MR) is 149 cm³/mol. The first-order valence-corrected chi connectivity index (χ1v) is 13.8. The summed E-state index contributed by atoms with van der Waals surface area (Å²) in [6.45, 7) is 13.1. The highest BCUT2D eigenvalue weighted by molar-refractivity contribution is 7.97. The average molecular weight is 569 g/mol. The van der Waals surface area contributed by atoms with Gasteiger partial charge in [0.05, 0.1) is 5.56 Å². The van der Waals surface area contributed by atoms with Gasteiger partial charge in [0.15, 0.2) is 0 Å². The molecule has 0 bridgehead atoms. The number of halogens is 2. The Morgan fingerprint density at radius 3 is 2.65 bits per heavy atom. The zero-order valence-corrected chi connectivity index (χ0v) is 24.5. The Hall–Kier alpha value is -2.23. The van der Waals surface area contributed by atoms with E-state index >= 15 is 0 Å². The lowest BCUT2D eigenvalue weighted by Gasteiger charge is -2.33. The van der Waals surface area contributed by atoms with E-state index in [9.17, 15) is 9.59 Å². The molecule has 0 saturated carbocycles. The van der Waals surface area contributed by atoms with Crippen molar-refractivity contribution >= 4 is 53.0 Å². The molecule has 3 rings (SSSR count). The van der Waals surface area contributed by atoms with Gasteiger partial charge in [0.2, 0.25) is 0 Å². The van der Waals surface area contributed by atoms with Gasteiger partial charge in [-0.1, -0.05) is 29.3 Å². The summed E-state index contributed by atoms with van der Waals surface area (Å²) in [6.07, 6.45) is 2.65. The molecule has 202 valence electrons. The Labute approximate surface area is 233 Å². The van der Waals surface area contributed by atoms with Gasteiger partial charge in [0, 0.05) is 30.6 Å². The van der Waals surface area contributed by atoms with Crippen molar-refractivity contribution in [1.29, 1.82) is 0 Å². The summed E-state index contributed by atoms with van der Waals surface area (Å²) in [7, 11) is 0. The number of pyridine rings is 2. The van der Waals surface area contributed by atoms with E-state index in [2.05, 4.69) is 33.9 Å². The number of ether oxygens (including phenoxy) is 1. The minimum absolute atomic E-state index is 0.0527. The van der Waals surface area contributed by atoms with Crippen LogP contribution in [0.25, 0.3) is 0 Å². The van der Waals surface area contributed by atoms with Crippen LogP contribution in [-0.4, -0.2) is 51.1 Å². The van der Waals surface area contributed by atoms with E-state index in [-0.39, 0.29) is 33.4 Å². The lowest BCUT2D eigenvalue weighted by atomic mass is 9.93. The molecular weight excluding hydrogens is 533 g/mol. The van der Waals surface area contributed by atoms with Crippen LogP contribution in [0.4, 0.5) is 10.6 Å². The monoisotopic (exact) mass is 567 g/mol. The number of nitrogens with zero attached hydrogens (tertiary/aromatic N) is 3. The Kier molecular flexibility index (Phi) is 9.58. The molecule has 2 amide bonds. The molecule has 1 aliphatic heterocycles. The molecule has 2 aromatic rings. The molecule has 0 aromatic carbocycles. The van der Waals surface area contributed by atoms with E-state index < -0.39 is 5.60 Å². The summed E-state index contributed by atoms with van der Waals surface area (Å²) in [4.78, 5) is 35.6. The molecule has 11 heteroatoms. The molecule has 1 aliphatic rings. The fourth-order valence-electron chi connectivity index (χ4n) is 4.28. The van der Waals surface area contributed by atoms with E-state index in [1.807, 2.05) is 43.9 Å². The van der Waals surface area contributed by atoms with Crippen LogP contribution in [0.5, 0.6) is 0 Å². The Balaban J connectivity index is 1.45. The molecule has 3 heterocycles. The number of hydrogen-bond donors (Lipinski definition) is 2. The lowest BCUT2D eigenvalue weighted by molar-refractivity contribution is 0.0130. The third-order valence-electron chi connectivity index (χ3n) is 5.99. The number of rotatable bonds is 8. The van der Waals surface area contributed by atoms with Crippen molar-refractivity contribution < 1.29 is 14.3 Å². The first-order valence-electron chi connectivity index (χ1n) is 12.3. The summed E-state index contributed by atoms with van der Waals surface area (Å²) < 4.78 is 8.35. The first-order chi connectivity index (χ1) is 17.2. The Morgan fingerprint density at radius 1 is 1.22 bits per heavy atom. The van der Waals surface area contributed by atoms with E-state index in [1.54, 1.807) is 13.0 Å². The highest BCUT2D eigenvalue weighted by atomic mass is 35.5. The standard InChI is InChI=1S/C26H35Cl2N5O3S/c1-16-13-18(22(28)31-21(16)27)23(34)32-37-20-11-7-10-19(30-20)29-12-8-9-17-14-26(5,6)33(15-17)24(35)36-25(2,3)4/h7,10-11,13,17H,8-9,12,14-15H2,1-6H3,(H,29,30)(H,32,34). The molecule has 1 atom stereocenters. The molecule has 0 spiro atoms. The van der Waals surface area contributed by atoms with Crippen LogP contribution in [0.15, 0.2) is 29.3 Å². The third-order valence-corrected chi connectivity index (χ3v) is 7.38. The third kappa shape index (κ3) is 8.38. The highest BCUT2D eigenvalue weighted by Gasteiger charge is 2.42. The number of carbonyl (C=O) groups excluding carboxylic acids is 2. The zero-order chi connectivity index (χ0) is 27.4. The van der Waals surface area contributed by atoms with Crippen LogP contribution in [-0.2, 0) is 4.74 Å². The SMILES string of the molecule is Cc1cc(C(=O)NSc2cccc(NCCCC3CN(C(=O)OC(C)(C)C)C(C)(C)C3)n2)c(Cl)nc1Cl. The zero-order valence-electron chi connectivity index (χ0n) is 22.2. The number of hydrogen-bond acceptors (Lipinski definition) is 7. The Morgan fingerprint density at radius 2 is 1.95 bits per heavy atom. The molecular formula is C26H35Cl2N5O3S. The van der Waals surface area contributed by atoms with E-state index in [1.165, 1.54) is 0 Å². The maximum Gasteiger partial charge on any atom is 0.410 e. The molecule has 0 aliphatic carbocycles. The summed E-state index contributed by atoms with van der Waals surface area (Å²) in [5.41, 5.74) is 0.204. The second-order valence-electron chi connectivity index (χ2n) is 10.9. The van der Waals surface area contributed by atoms with Gasteiger partial charge in [-0.2, -0.15) is 0 Å². The predicted octanol–water partition coefficient (Wildman–Crippen LogP) is 6.76. The van der Waals surface area contributed by atoms with Gasteiger partial charge in [-0.05, 0) is 90.5 Å². The van der Waals surface area contributed by atoms with Crippen molar-refractivity contribution in [2.75, 3.05) is 18.4 Å². The second kappa shape index (κ2) is 12.1. The second-order valence-corrected chi connectivity index (χ2v) is 12.4. The molecule has 37 heavy (non-hydrogen) atoms. The first kappa shape index (κ1) is 29.3. The van der Waals surface area contributed by atoms with E-state index in [0.717, 1.165) is 43.6 Å². The van der Waals surface area contributed by atoms with Crippen LogP contribution in [0.2, 0.25) is 10.3 Å². The summed E-state index contributed by atoms with van der Waals surface area (Å²) >= 11 is 13.1. The van der Waals surface area contributed by atoms with Crippen LogP contribution < -0.4 is 10.0 Å². The van der Waals surface area contributed by atoms with Gasteiger partial charge < -0.3 is 15.0 Å². The van der Waals surface area contributed by atoms with E-state index in [4.69, 9.17) is 27.9 Å². The number of aryl methyl sites for hydroxylation is 1. The molecule has 1 unspecified atom stereocenters. The topological polar surface area (TPSA) is 96.5 Å². The fourth-order valence-corrected chi connectivity index (χ4v) is 5.28. The summed E-state index contributed by atoms with van der Waals surface area (Å²) in [5, 5.41) is 4.31. The van der Waals surface area contributed by atoms with Gasteiger partial charge in [0.25, 0.3) is 5.91 Å².